The van der Waals surface area contributed by atoms with Crippen LogP contribution in [0.2, 0.25) is 0 Å². The van der Waals surface area contributed by atoms with E-state index in [0.717, 1.165) is 31.7 Å². The van der Waals surface area contributed by atoms with E-state index >= 15 is 0 Å². The maximum atomic E-state index is 13.2. The minimum atomic E-state index is -1.22. The highest BCUT2D eigenvalue weighted by Gasteiger charge is 2.14. The van der Waals surface area contributed by atoms with E-state index < -0.39 is 11.8 Å². The van der Waals surface area contributed by atoms with Crippen LogP contribution in [-0.2, 0) is 6.54 Å². The van der Waals surface area contributed by atoms with Gasteiger partial charge in [-0.25, -0.2) is 9.18 Å². The van der Waals surface area contributed by atoms with Crippen LogP contribution in [0.15, 0.2) is 18.2 Å². The third kappa shape index (κ3) is 3.01. The van der Waals surface area contributed by atoms with E-state index in [9.17, 15) is 9.18 Å². The van der Waals surface area contributed by atoms with Gasteiger partial charge in [0.1, 0.15) is 5.82 Å². The Balaban J connectivity index is 2.10. The molecule has 0 spiro atoms. The molecule has 2 rings (SSSR count). The number of carboxylic acid groups (broad SMARTS) is 1. The van der Waals surface area contributed by atoms with E-state index in [1.54, 1.807) is 6.07 Å². The third-order valence-electron chi connectivity index (χ3n) is 2.88. The molecule has 1 aromatic rings. The van der Waals surface area contributed by atoms with E-state index in [2.05, 4.69) is 10.2 Å². The molecule has 1 saturated heterocycles. The summed E-state index contributed by atoms with van der Waals surface area (Å²) >= 11 is 0. The van der Waals surface area contributed by atoms with Crippen LogP contribution < -0.4 is 5.32 Å². The summed E-state index contributed by atoms with van der Waals surface area (Å²) in [5.74, 6) is -1.90. The summed E-state index contributed by atoms with van der Waals surface area (Å²) in [5, 5.41) is 12.1. The molecule has 0 aliphatic carbocycles. The van der Waals surface area contributed by atoms with Gasteiger partial charge in [0.2, 0.25) is 0 Å². The third-order valence-corrected chi connectivity index (χ3v) is 2.88. The van der Waals surface area contributed by atoms with Crippen LogP contribution in [0.25, 0.3) is 0 Å². The quantitative estimate of drug-likeness (QED) is 0.822. The van der Waals surface area contributed by atoms with Gasteiger partial charge in [0, 0.05) is 32.7 Å². The maximum absolute atomic E-state index is 13.2. The van der Waals surface area contributed by atoms with Crippen molar-refractivity contribution < 1.29 is 14.3 Å². The molecule has 0 atom stereocenters. The number of nitrogens with zero attached hydrogens (tertiary/aromatic N) is 1. The second-order valence-corrected chi connectivity index (χ2v) is 4.15. The zero-order chi connectivity index (χ0) is 12.3. The number of hydrogen-bond acceptors (Lipinski definition) is 3. The van der Waals surface area contributed by atoms with Gasteiger partial charge >= 0.3 is 5.97 Å². The smallest absolute Gasteiger partial charge is 0.338 e. The van der Waals surface area contributed by atoms with E-state index in [1.807, 2.05) is 0 Å². The first-order chi connectivity index (χ1) is 8.16. The lowest BCUT2D eigenvalue weighted by molar-refractivity contribution is 0.0691. The molecule has 0 amide bonds. The zero-order valence-corrected chi connectivity index (χ0v) is 9.45. The second kappa shape index (κ2) is 5.25. The number of hydrogen-bond donors (Lipinski definition) is 2. The summed E-state index contributed by atoms with van der Waals surface area (Å²) in [7, 11) is 0. The maximum Gasteiger partial charge on any atom is 0.338 e. The van der Waals surface area contributed by atoms with Crippen molar-refractivity contribution in [1.29, 1.82) is 0 Å². The molecule has 0 unspecified atom stereocenters. The standard InChI is InChI=1S/C12H15FN2O2/c13-11-2-1-9(7-10(11)12(16)17)8-15-5-3-14-4-6-15/h1-2,7,14H,3-6,8H2,(H,16,17). The molecule has 0 bridgehead atoms. The van der Waals surface area contributed by atoms with Crippen LogP contribution in [-0.4, -0.2) is 42.2 Å². The SMILES string of the molecule is O=C(O)c1cc(CN2CCNCC2)ccc1F. The average molecular weight is 238 g/mol. The Morgan fingerprint density at radius 3 is 2.76 bits per heavy atom. The van der Waals surface area contributed by atoms with E-state index in [-0.39, 0.29) is 5.56 Å². The summed E-state index contributed by atoms with van der Waals surface area (Å²) in [5.41, 5.74) is 0.586. The molecule has 1 aromatic carbocycles. The van der Waals surface area contributed by atoms with Crippen LogP contribution in [0.5, 0.6) is 0 Å². The highest BCUT2D eigenvalue weighted by molar-refractivity contribution is 5.88. The number of piperazine rings is 1. The summed E-state index contributed by atoms with van der Waals surface area (Å²) in [4.78, 5) is 13.0. The monoisotopic (exact) mass is 238 g/mol. The van der Waals surface area contributed by atoms with E-state index in [4.69, 9.17) is 5.11 Å². The minimum Gasteiger partial charge on any atom is -0.478 e. The summed E-state index contributed by atoms with van der Waals surface area (Å²) in [6.07, 6.45) is 0. The molecule has 0 radical (unpaired) electrons. The van der Waals surface area contributed by atoms with Gasteiger partial charge in [0.15, 0.2) is 0 Å². The number of carboxylic acids is 1. The number of nitrogens with one attached hydrogen (secondary N) is 1. The largest absolute Gasteiger partial charge is 0.478 e. The molecular weight excluding hydrogens is 223 g/mol. The van der Waals surface area contributed by atoms with Gasteiger partial charge in [-0.2, -0.15) is 0 Å². The summed E-state index contributed by atoms with van der Waals surface area (Å²) < 4.78 is 13.2. The normalized spacial score (nSPS) is 17.0. The first kappa shape index (κ1) is 12.0. The molecule has 17 heavy (non-hydrogen) atoms. The van der Waals surface area contributed by atoms with Gasteiger partial charge in [-0.05, 0) is 17.7 Å². The van der Waals surface area contributed by atoms with Crippen LogP contribution >= 0.6 is 0 Å². The Bertz CT molecular complexity index is 417. The van der Waals surface area contributed by atoms with Gasteiger partial charge in [-0.15, -0.1) is 0 Å². The molecular formula is C12H15FN2O2. The Morgan fingerprint density at radius 1 is 1.41 bits per heavy atom. The zero-order valence-electron chi connectivity index (χ0n) is 9.45. The molecule has 92 valence electrons. The van der Waals surface area contributed by atoms with Crippen molar-refractivity contribution in [2.24, 2.45) is 0 Å². The van der Waals surface area contributed by atoms with Crippen molar-refractivity contribution in [3.63, 3.8) is 0 Å². The Kier molecular flexibility index (Phi) is 3.71. The van der Waals surface area contributed by atoms with E-state index in [0.29, 0.717) is 6.54 Å². The van der Waals surface area contributed by atoms with Gasteiger partial charge in [0.25, 0.3) is 0 Å². The van der Waals surface area contributed by atoms with Crippen LogP contribution in [0.4, 0.5) is 4.39 Å². The fraction of sp³-hybridized carbons (Fsp3) is 0.417. The van der Waals surface area contributed by atoms with E-state index in [1.165, 1.54) is 12.1 Å². The number of benzene rings is 1. The predicted octanol–water partition coefficient (Wildman–Crippen LogP) is 0.929. The Hall–Kier alpha value is -1.46. The van der Waals surface area contributed by atoms with Gasteiger partial charge in [-0.3, -0.25) is 4.90 Å². The molecule has 1 fully saturated rings. The van der Waals surface area contributed by atoms with Crippen molar-refractivity contribution >= 4 is 5.97 Å². The Morgan fingerprint density at radius 2 is 2.12 bits per heavy atom. The fourth-order valence-electron chi connectivity index (χ4n) is 1.96. The van der Waals surface area contributed by atoms with Crippen LogP contribution in [0.1, 0.15) is 15.9 Å². The molecule has 0 saturated carbocycles. The molecule has 4 nitrogen and oxygen atoms in total. The topological polar surface area (TPSA) is 52.6 Å². The highest BCUT2D eigenvalue weighted by atomic mass is 19.1. The number of rotatable bonds is 3. The summed E-state index contributed by atoms with van der Waals surface area (Å²) in [6.45, 7) is 4.40. The lowest BCUT2D eigenvalue weighted by Crippen LogP contribution is -2.42. The molecule has 1 aliphatic heterocycles. The fourth-order valence-corrected chi connectivity index (χ4v) is 1.96. The molecule has 0 aromatic heterocycles. The van der Waals surface area contributed by atoms with Crippen molar-refractivity contribution in [2.45, 2.75) is 6.54 Å². The molecule has 1 heterocycles. The van der Waals surface area contributed by atoms with Crippen molar-refractivity contribution in [1.82, 2.24) is 10.2 Å². The van der Waals surface area contributed by atoms with Gasteiger partial charge < -0.3 is 10.4 Å². The van der Waals surface area contributed by atoms with Gasteiger partial charge in [-0.1, -0.05) is 6.07 Å². The number of aromatic carboxylic acids is 1. The lowest BCUT2D eigenvalue weighted by atomic mass is 10.1. The highest BCUT2D eigenvalue weighted by Crippen LogP contribution is 2.13. The average Bonchev–Trinajstić information content (AvgIpc) is 2.32. The van der Waals surface area contributed by atoms with Crippen molar-refractivity contribution in [2.75, 3.05) is 26.2 Å². The number of carbonyl (C=O) groups is 1. The van der Waals surface area contributed by atoms with Crippen molar-refractivity contribution in [3.8, 4) is 0 Å². The first-order valence-corrected chi connectivity index (χ1v) is 5.61. The molecule has 2 N–H and O–H groups in total. The lowest BCUT2D eigenvalue weighted by Gasteiger charge is -2.27. The molecule has 1 aliphatic rings. The van der Waals surface area contributed by atoms with Crippen LogP contribution in [0, 0.1) is 5.82 Å². The minimum absolute atomic E-state index is 0.252. The predicted molar refractivity (Wildman–Crippen MR) is 61.5 cm³/mol. The second-order valence-electron chi connectivity index (χ2n) is 4.15. The molecule has 5 heteroatoms. The van der Waals surface area contributed by atoms with Crippen LogP contribution in [0.3, 0.4) is 0 Å². The first-order valence-electron chi connectivity index (χ1n) is 5.61. The van der Waals surface area contributed by atoms with Gasteiger partial charge in [0.05, 0.1) is 5.56 Å². The number of halogens is 1. The Labute approximate surface area is 99.0 Å². The summed E-state index contributed by atoms with van der Waals surface area (Å²) in [6, 6.07) is 4.28. The van der Waals surface area contributed by atoms with Crippen molar-refractivity contribution in [3.05, 3.63) is 35.1 Å².